The lowest BCUT2D eigenvalue weighted by molar-refractivity contribution is -0.147. The lowest BCUT2D eigenvalue weighted by atomic mass is 9.83. The molecule has 2 rings (SSSR count). The van der Waals surface area contributed by atoms with Crippen molar-refractivity contribution in [3.63, 3.8) is 0 Å². The Labute approximate surface area is 175 Å². The number of Topliss-reactive ketones (excluding diaryl/α,β-unsaturated/α-hetero) is 1. The second kappa shape index (κ2) is 11.9. The van der Waals surface area contributed by atoms with Crippen molar-refractivity contribution in [2.24, 2.45) is 5.92 Å². The Bertz CT molecular complexity index is 738. The van der Waals surface area contributed by atoms with Crippen LogP contribution in [0.3, 0.4) is 0 Å². The van der Waals surface area contributed by atoms with Crippen LogP contribution in [0.5, 0.6) is 0 Å². The fourth-order valence-corrected chi connectivity index (χ4v) is 3.33. The van der Waals surface area contributed by atoms with Gasteiger partial charge in [-0.25, -0.2) is 9.59 Å². The molecule has 0 aromatic heterocycles. The molecule has 0 bridgehead atoms. The standard InChI is InChI=1S/C21H28N2O7/c1-29-20(27)19(15-8-5-9-16(24)10-15)23-18(26)11-17(25)12-22-21(28)30-13-14-6-3-2-4-7-14/h2-4,6-7,15,17,19,25H,5,8-13H2,1H3,(H,22,28)(H,23,26)/t15-,17+,19+/m1/s1. The molecule has 3 N–H and O–H groups in total. The smallest absolute Gasteiger partial charge is 0.407 e. The van der Waals surface area contributed by atoms with Crippen LogP contribution in [-0.2, 0) is 30.5 Å². The molecule has 0 saturated heterocycles. The van der Waals surface area contributed by atoms with Crippen molar-refractivity contribution in [1.29, 1.82) is 0 Å². The van der Waals surface area contributed by atoms with E-state index in [1.165, 1.54) is 7.11 Å². The number of aliphatic hydroxyl groups excluding tert-OH is 1. The molecular weight excluding hydrogens is 392 g/mol. The highest BCUT2D eigenvalue weighted by atomic mass is 16.5. The van der Waals surface area contributed by atoms with Crippen LogP contribution in [0.1, 0.15) is 37.7 Å². The maximum atomic E-state index is 12.3. The van der Waals surface area contributed by atoms with E-state index in [-0.39, 0.29) is 37.7 Å². The summed E-state index contributed by atoms with van der Waals surface area (Å²) in [5.74, 6) is -1.48. The van der Waals surface area contributed by atoms with Gasteiger partial charge in [0.05, 0.1) is 19.6 Å². The van der Waals surface area contributed by atoms with E-state index in [0.29, 0.717) is 19.3 Å². The first-order chi connectivity index (χ1) is 14.4. The summed E-state index contributed by atoms with van der Waals surface area (Å²) in [7, 11) is 1.21. The summed E-state index contributed by atoms with van der Waals surface area (Å²) in [5, 5.41) is 15.0. The number of hydrogen-bond donors (Lipinski definition) is 3. The zero-order valence-electron chi connectivity index (χ0n) is 17.0. The predicted molar refractivity (Wildman–Crippen MR) is 106 cm³/mol. The van der Waals surface area contributed by atoms with E-state index in [4.69, 9.17) is 9.47 Å². The minimum absolute atomic E-state index is 0.0488. The number of rotatable bonds is 9. The fraction of sp³-hybridized carbons (Fsp3) is 0.524. The normalized spacial score (nSPS) is 18.1. The van der Waals surface area contributed by atoms with Crippen molar-refractivity contribution in [1.82, 2.24) is 10.6 Å². The van der Waals surface area contributed by atoms with E-state index in [2.05, 4.69) is 10.6 Å². The number of benzene rings is 1. The Hall–Kier alpha value is -2.94. The molecule has 164 valence electrons. The van der Waals surface area contributed by atoms with Crippen LogP contribution < -0.4 is 10.6 Å². The van der Waals surface area contributed by atoms with Gasteiger partial charge in [-0.2, -0.15) is 0 Å². The third-order valence-corrected chi connectivity index (χ3v) is 4.88. The first kappa shape index (κ1) is 23.3. The number of carbonyl (C=O) groups is 4. The monoisotopic (exact) mass is 420 g/mol. The van der Waals surface area contributed by atoms with Crippen LogP contribution >= 0.6 is 0 Å². The maximum Gasteiger partial charge on any atom is 0.407 e. The summed E-state index contributed by atoms with van der Waals surface area (Å²) in [6, 6.07) is 8.17. The second-order valence-corrected chi connectivity index (χ2v) is 7.26. The third-order valence-electron chi connectivity index (χ3n) is 4.88. The zero-order chi connectivity index (χ0) is 21.9. The first-order valence-electron chi connectivity index (χ1n) is 9.90. The Kier molecular flexibility index (Phi) is 9.27. The lowest BCUT2D eigenvalue weighted by Crippen LogP contribution is -2.49. The molecule has 1 fully saturated rings. The van der Waals surface area contributed by atoms with Crippen LogP contribution in [0.25, 0.3) is 0 Å². The summed E-state index contributed by atoms with van der Waals surface area (Å²) in [6.07, 6.45) is -0.242. The quantitative estimate of drug-likeness (QED) is 0.510. The summed E-state index contributed by atoms with van der Waals surface area (Å²) in [5.41, 5.74) is 0.822. The van der Waals surface area contributed by atoms with Gasteiger partial charge in [0.15, 0.2) is 0 Å². The van der Waals surface area contributed by atoms with E-state index in [9.17, 15) is 24.3 Å². The molecule has 0 spiro atoms. The zero-order valence-corrected chi connectivity index (χ0v) is 17.0. The highest BCUT2D eigenvalue weighted by Crippen LogP contribution is 2.25. The second-order valence-electron chi connectivity index (χ2n) is 7.26. The van der Waals surface area contributed by atoms with Crippen LogP contribution in [-0.4, -0.2) is 54.7 Å². The lowest BCUT2D eigenvalue weighted by Gasteiger charge is -2.28. The third kappa shape index (κ3) is 7.82. The Morgan fingerprint density at radius 1 is 1.23 bits per heavy atom. The maximum absolute atomic E-state index is 12.3. The molecule has 1 saturated carbocycles. The van der Waals surface area contributed by atoms with Crippen molar-refractivity contribution in [2.45, 2.75) is 50.9 Å². The summed E-state index contributed by atoms with van der Waals surface area (Å²) in [6.45, 7) is -0.101. The van der Waals surface area contributed by atoms with Crippen molar-refractivity contribution < 1.29 is 33.8 Å². The molecule has 9 heteroatoms. The van der Waals surface area contributed by atoms with Crippen LogP contribution in [0.4, 0.5) is 4.79 Å². The minimum Gasteiger partial charge on any atom is -0.467 e. The molecule has 9 nitrogen and oxygen atoms in total. The number of carbonyl (C=O) groups excluding carboxylic acids is 4. The van der Waals surface area contributed by atoms with Crippen LogP contribution in [0, 0.1) is 5.92 Å². The van der Waals surface area contributed by atoms with Crippen LogP contribution in [0.2, 0.25) is 0 Å². The molecule has 0 unspecified atom stereocenters. The van der Waals surface area contributed by atoms with E-state index in [0.717, 1.165) is 5.56 Å². The Balaban J connectivity index is 1.75. The van der Waals surface area contributed by atoms with Gasteiger partial charge < -0.3 is 25.2 Å². The molecule has 1 aliphatic rings. The number of nitrogens with one attached hydrogen (secondary N) is 2. The molecule has 0 radical (unpaired) electrons. The number of alkyl carbamates (subject to hydrolysis) is 1. The van der Waals surface area contributed by atoms with Gasteiger partial charge in [0.2, 0.25) is 5.91 Å². The van der Waals surface area contributed by atoms with Crippen molar-refractivity contribution in [3.8, 4) is 0 Å². The average molecular weight is 420 g/mol. The number of aliphatic hydroxyl groups is 1. The molecule has 2 amide bonds. The molecule has 0 heterocycles. The van der Waals surface area contributed by atoms with Gasteiger partial charge >= 0.3 is 12.1 Å². The van der Waals surface area contributed by atoms with Gasteiger partial charge in [-0.1, -0.05) is 30.3 Å². The van der Waals surface area contributed by atoms with Gasteiger partial charge in [-0.15, -0.1) is 0 Å². The van der Waals surface area contributed by atoms with Gasteiger partial charge in [0.1, 0.15) is 18.4 Å². The number of hydrogen-bond acceptors (Lipinski definition) is 7. The Morgan fingerprint density at radius 2 is 1.97 bits per heavy atom. The molecular formula is C21H28N2O7. The Morgan fingerprint density at radius 3 is 2.63 bits per heavy atom. The topological polar surface area (TPSA) is 131 Å². The average Bonchev–Trinajstić information content (AvgIpc) is 2.74. The molecule has 30 heavy (non-hydrogen) atoms. The van der Waals surface area contributed by atoms with E-state index in [1.807, 2.05) is 30.3 Å². The molecule has 1 aromatic rings. The van der Waals surface area contributed by atoms with E-state index in [1.54, 1.807) is 0 Å². The predicted octanol–water partition coefficient (Wildman–Crippen LogP) is 1.08. The summed E-state index contributed by atoms with van der Waals surface area (Å²) >= 11 is 0. The van der Waals surface area contributed by atoms with Crippen LogP contribution in [0.15, 0.2) is 30.3 Å². The number of methoxy groups -OCH3 is 1. The number of ether oxygens (including phenoxy) is 2. The summed E-state index contributed by atoms with van der Waals surface area (Å²) < 4.78 is 9.78. The van der Waals surface area contributed by atoms with E-state index < -0.39 is 30.1 Å². The largest absolute Gasteiger partial charge is 0.467 e. The first-order valence-corrected chi connectivity index (χ1v) is 9.90. The number of esters is 1. The van der Waals surface area contributed by atoms with Crippen molar-refractivity contribution in [2.75, 3.05) is 13.7 Å². The fourth-order valence-electron chi connectivity index (χ4n) is 3.33. The van der Waals surface area contributed by atoms with Crippen molar-refractivity contribution >= 4 is 23.8 Å². The molecule has 1 aliphatic carbocycles. The van der Waals surface area contributed by atoms with Gasteiger partial charge in [0, 0.05) is 19.4 Å². The highest BCUT2D eigenvalue weighted by Gasteiger charge is 2.34. The molecule has 0 aliphatic heterocycles. The highest BCUT2D eigenvalue weighted by molar-refractivity contribution is 5.86. The SMILES string of the molecule is COC(=O)[C@@H](NC(=O)C[C@H](O)CNC(=O)OCc1ccccc1)[C@@H]1CCCC(=O)C1. The number of ketones is 1. The molecule has 1 aromatic carbocycles. The van der Waals surface area contributed by atoms with E-state index >= 15 is 0 Å². The minimum atomic E-state index is -1.17. The molecule has 3 atom stereocenters. The van der Waals surface area contributed by atoms with Gasteiger partial charge in [-0.3, -0.25) is 9.59 Å². The summed E-state index contributed by atoms with van der Waals surface area (Å²) in [4.78, 5) is 47.7. The van der Waals surface area contributed by atoms with Gasteiger partial charge in [0.25, 0.3) is 0 Å². The van der Waals surface area contributed by atoms with Crippen molar-refractivity contribution in [3.05, 3.63) is 35.9 Å². The number of amides is 2. The van der Waals surface area contributed by atoms with Gasteiger partial charge in [-0.05, 0) is 24.3 Å².